The van der Waals surface area contributed by atoms with Crippen LogP contribution in [0.25, 0.3) is 21.9 Å². The van der Waals surface area contributed by atoms with E-state index in [2.05, 4.69) is 36.2 Å². The topological polar surface area (TPSA) is 155 Å². The number of fused-ring (bicyclic) bond motifs is 2. The third-order valence-electron chi connectivity index (χ3n) is 6.38. The lowest BCUT2D eigenvalue weighted by Gasteiger charge is -2.31. The van der Waals surface area contributed by atoms with E-state index in [0.717, 1.165) is 34.9 Å². The van der Waals surface area contributed by atoms with Crippen LogP contribution in [0.2, 0.25) is 0 Å². The zero-order chi connectivity index (χ0) is 25.4. The number of nitrogens with zero attached hydrogens (tertiary/aromatic N) is 5. The van der Waals surface area contributed by atoms with Crippen molar-refractivity contribution >= 4 is 62.7 Å². The summed E-state index contributed by atoms with van der Waals surface area (Å²) in [7, 11) is 1.22. The number of carboxylic acid groups (broad SMARTS) is 1. The molecule has 1 aliphatic heterocycles. The molecule has 186 valence electrons. The molecule has 0 aliphatic carbocycles. The van der Waals surface area contributed by atoms with E-state index >= 15 is 0 Å². The molecule has 4 heterocycles. The number of rotatable bonds is 4. The minimum Gasteiger partial charge on any atom is -0.465 e. The van der Waals surface area contributed by atoms with Crippen LogP contribution in [-0.2, 0) is 11.3 Å². The molecular formula is C23H22IN7O5. The van der Waals surface area contributed by atoms with Crippen molar-refractivity contribution in [3.63, 3.8) is 0 Å². The highest BCUT2D eigenvalue weighted by Gasteiger charge is 2.25. The second kappa shape index (κ2) is 9.72. The Morgan fingerprint density at radius 2 is 2.03 bits per heavy atom. The van der Waals surface area contributed by atoms with Crippen molar-refractivity contribution in [3.8, 4) is 0 Å². The third kappa shape index (κ3) is 4.45. The van der Waals surface area contributed by atoms with Gasteiger partial charge in [0.05, 0.1) is 19.2 Å². The van der Waals surface area contributed by atoms with E-state index in [1.54, 1.807) is 10.9 Å². The van der Waals surface area contributed by atoms with Crippen molar-refractivity contribution in [1.82, 2.24) is 29.6 Å². The van der Waals surface area contributed by atoms with E-state index < -0.39 is 17.7 Å². The summed E-state index contributed by atoms with van der Waals surface area (Å²) in [4.78, 5) is 48.6. The van der Waals surface area contributed by atoms with Crippen molar-refractivity contribution in [2.24, 2.45) is 0 Å². The van der Waals surface area contributed by atoms with E-state index in [-0.39, 0.29) is 17.4 Å². The Morgan fingerprint density at radius 1 is 1.25 bits per heavy atom. The van der Waals surface area contributed by atoms with Gasteiger partial charge in [-0.3, -0.25) is 24.8 Å². The van der Waals surface area contributed by atoms with E-state index in [1.807, 2.05) is 40.8 Å². The van der Waals surface area contributed by atoms with Crippen LogP contribution in [0.1, 0.15) is 29.9 Å². The number of anilines is 1. The summed E-state index contributed by atoms with van der Waals surface area (Å²) >= 11 is 2.00. The second-order valence-electron chi connectivity index (χ2n) is 8.43. The summed E-state index contributed by atoms with van der Waals surface area (Å²) in [6.45, 7) is 1.30. The summed E-state index contributed by atoms with van der Waals surface area (Å²) in [5, 5.41) is 17.2. The molecular weight excluding hydrogens is 581 g/mol. The van der Waals surface area contributed by atoms with Crippen molar-refractivity contribution in [2.45, 2.75) is 25.3 Å². The first-order valence-electron chi connectivity index (χ1n) is 11.2. The number of piperidine rings is 1. The summed E-state index contributed by atoms with van der Waals surface area (Å²) < 4.78 is 6.66. The Morgan fingerprint density at radius 3 is 2.75 bits per heavy atom. The van der Waals surface area contributed by atoms with Crippen molar-refractivity contribution in [2.75, 3.05) is 25.5 Å². The lowest BCUT2D eigenvalue weighted by molar-refractivity contribution is 0.132. The maximum absolute atomic E-state index is 12.9. The number of likely N-dealkylation sites (tertiary alicyclic amines) is 1. The fourth-order valence-electron chi connectivity index (χ4n) is 4.65. The van der Waals surface area contributed by atoms with Crippen molar-refractivity contribution < 1.29 is 19.4 Å². The largest absolute Gasteiger partial charge is 0.465 e. The normalized spacial score (nSPS) is 14.3. The molecule has 13 heteroatoms. The minimum atomic E-state index is -0.880. The highest BCUT2D eigenvalue weighted by atomic mass is 127. The highest BCUT2D eigenvalue weighted by Crippen LogP contribution is 2.34. The smallest absolute Gasteiger partial charge is 0.413 e. The first-order chi connectivity index (χ1) is 17.4. The van der Waals surface area contributed by atoms with Crippen molar-refractivity contribution in [1.29, 1.82) is 0 Å². The number of aromatic amines is 1. The first-order valence-corrected chi connectivity index (χ1v) is 12.3. The van der Waals surface area contributed by atoms with Crippen LogP contribution in [-0.4, -0.2) is 67.1 Å². The van der Waals surface area contributed by atoms with Crippen LogP contribution in [0.4, 0.5) is 15.5 Å². The van der Waals surface area contributed by atoms with E-state index in [9.17, 15) is 19.5 Å². The molecule has 0 atom stereocenters. The SMILES string of the molecule is COC(=O)Nc1nc2c(I)nn(Cc3ccc(C4CCN(C(=O)O)CC4)c4cccnc34)c2c(=O)[nH]1. The average molecular weight is 603 g/mol. The standard InChI is InChI=1S/C23H22IN7O5/c1-36-22(33)28-21-26-17-18(20(32)27-21)31(29-19(17)24)11-13-4-5-14(15-3-2-8-25-16(13)15)12-6-9-30(10-7-12)23(34)35/h2-5,8,12H,6-7,9-11H2,1H3,(H,34,35)(H2,26,27,28,32,33). The molecule has 0 unspecified atom stereocenters. The predicted octanol–water partition coefficient (Wildman–Crippen LogP) is 3.36. The Kier molecular flexibility index (Phi) is 6.47. The van der Waals surface area contributed by atoms with Gasteiger partial charge in [-0.05, 0) is 58.5 Å². The maximum Gasteiger partial charge on any atom is 0.413 e. The molecule has 0 bridgehead atoms. The van der Waals surface area contributed by atoms with Gasteiger partial charge >= 0.3 is 12.2 Å². The molecule has 4 aromatic rings. The van der Waals surface area contributed by atoms with Crippen LogP contribution in [0.3, 0.4) is 0 Å². The number of pyridine rings is 1. The number of benzene rings is 1. The zero-order valence-electron chi connectivity index (χ0n) is 19.2. The molecule has 12 nitrogen and oxygen atoms in total. The van der Waals surface area contributed by atoms with Gasteiger partial charge in [-0.25, -0.2) is 14.6 Å². The lowest BCUT2D eigenvalue weighted by Crippen LogP contribution is -2.36. The van der Waals surface area contributed by atoms with Crippen LogP contribution in [0.5, 0.6) is 0 Å². The third-order valence-corrected chi connectivity index (χ3v) is 7.10. The number of carbonyl (C=O) groups excluding carboxylic acids is 1. The Labute approximate surface area is 217 Å². The molecule has 0 saturated carbocycles. The lowest BCUT2D eigenvalue weighted by atomic mass is 9.86. The number of carbonyl (C=O) groups is 2. The number of hydrogen-bond acceptors (Lipinski definition) is 7. The quantitative estimate of drug-likeness (QED) is 0.300. The summed E-state index contributed by atoms with van der Waals surface area (Å²) in [5.74, 6) is 0.211. The fourth-order valence-corrected chi connectivity index (χ4v) is 5.29. The van der Waals surface area contributed by atoms with Gasteiger partial charge in [0, 0.05) is 24.7 Å². The molecule has 3 aromatic heterocycles. The number of H-pyrrole nitrogens is 1. The summed E-state index contributed by atoms with van der Waals surface area (Å²) in [5.41, 5.74) is 3.04. The number of aromatic nitrogens is 5. The van der Waals surface area contributed by atoms with Gasteiger partial charge in [-0.15, -0.1) is 0 Å². The van der Waals surface area contributed by atoms with Crippen LogP contribution in [0.15, 0.2) is 35.3 Å². The average Bonchev–Trinajstić information content (AvgIpc) is 3.19. The maximum atomic E-state index is 12.9. The van der Waals surface area contributed by atoms with Gasteiger partial charge in [-0.2, -0.15) is 5.10 Å². The molecule has 0 spiro atoms. The number of halogens is 1. The number of amides is 2. The highest BCUT2D eigenvalue weighted by molar-refractivity contribution is 14.1. The van der Waals surface area contributed by atoms with Gasteiger partial charge < -0.3 is 14.7 Å². The number of nitrogens with one attached hydrogen (secondary N) is 2. The van der Waals surface area contributed by atoms with E-state index in [1.165, 1.54) is 12.0 Å². The second-order valence-corrected chi connectivity index (χ2v) is 9.46. The van der Waals surface area contributed by atoms with E-state index in [0.29, 0.717) is 28.9 Å². The number of hydrogen-bond donors (Lipinski definition) is 3. The molecule has 1 fully saturated rings. The van der Waals surface area contributed by atoms with Gasteiger partial charge in [0.15, 0.2) is 5.52 Å². The molecule has 5 rings (SSSR count). The Hall–Kier alpha value is -3.75. The Bertz CT molecular complexity index is 1540. The molecule has 0 radical (unpaired) electrons. The van der Waals surface area contributed by atoms with Crippen molar-refractivity contribution in [3.05, 3.63) is 55.6 Å². The summed E-state index contributed by atoms with van der Waals surface area (Å²) in [6.07, 6.45) is 1.61. The fraction of sp³-hybridized carbons (Fsp3) is 0.304. The monoisotopic (exact) mass is 603 g/mol. The first kappa shape index (κ1) is 24.0. The molecule has 2 amide bonds. The van der Waals surface area contributed by atoms with Crippen LogP contribution >= 0.6 is 22.6 Å². The predicted molar refractivity (Wildman–Crippen MR) is 139 cm³/mol. The number of ether oxygens (including phenoxy) is 1. The van der Waals surface area contributed by atoms with Gasteiger partial charge in [0.25, 0.3) is 5.56 Å². The Balaban J connectivity index is 1.50. The van der Waals surface area contributed by atoms with Crippen LogP contribution < -0.4 is 10.9 Å². The van der Waals surface area contributed by atoms with Crippen LogP contribution in [0, 0.1) is 3.70 Å². The molecule has 1 aliphatic rings. The molecule has 36 heavy (non-hydrogen) atoms. The molecule has 1 aromatic carbocycles. The molecule has 3 N–H and O–H groups in total. The zero-order valence-corrected chi connectivity index (χ0v) is 21.4. The van der Waals surface area contributed by atoms with Gasteiger partial charge in [-0.1, -0.05) is 18.2 Å². The van der Waals surface area contributed by atoms with E-state index in [4.69, 9.17) is 0 Å². The summed E-state index contributed by atoms with van der Waals surface area (Å²) in [6, 6.07) is 7.97. The number of methoxy groups -OCH3 is 1. The minimum absolute atomic E-state index is 0.0257. The molecule has 1 saturated heterocycles. The van der Waals surface area contributed by atoms with Gasteiger partial charge in [0.2, 0.25) is 5.95 Å². The van der Waals surface area contributed by atoms with Gasteiger partial charge in [0.1, 0.15) is 9.22 Å².